The summed E-state index contributed by atoms with van der Waals surface area (Å²) in [4.78, 5) is 13.7. The summed E-state index contributed by atoms with van der Waals surface area (Å²) in [5.74, 6) is 1.40. The summed E-state index contributed by atoms with van der Waals surface area (Å²) in [6.45, 7) is 2.02. The van der Waals surface area contributed by atoms with E-state index in [0.717, 1.165) is 38.9 Å². The first kappa shape index (κ1) is 21.8. The van der Waals surface area contributed by atoms with Crippen molar-refractivity contribution in [3.05, 3.63) is 95.5 Å². The van der Waals surface area contributed by atoms with E-state index in [1.165, 1.54) is 12.1 Å². The molecule has 7 heteroatoms. The number of aryl methyl sites for hydroxylation is 1. The molecule has 3 aromatic carbocycles. The minimum Gasteiger partial charge on any atom is -0.496 e. The van der Waals surface area contributed by atoms with Crippen molar-refractivity contribution in [1.29, 1.82) is 0 Å². The van der Waals surface area contributed by atoms with Crippen molar-refractivity contribution in [2.75, 3.05) is 12.4 Å². The summed E-state index contributed by atoms with van der Waals surface area (Å²) in [5, 5.41) is 4.12. The predicted molar refractivity (Wildman–Crippen MR) is 134 cm³/mol. The SMILES string of the molecule is COc1cc(C)ccc1-c1ccc2nc(-c3cccnc3)nc(Nc3ccc(F)c(Cl)c3)c2c1. The molecule has 5 rings (SSSR count). The first-order chi connectivity index (χ1) is 16.5. The molecule has 0 spiro atoms. The maximum Gasteiger partial charge on any atom is 0.163 e. The topological polar surface area (TPSA) is 59.9 Å². The predicted octanol–water partition coefficient (Wildman–Crippen LogP) is 7.21. The molecular weight excluding hydrogens is 451 g/mol. The van der Waals surface area contributed by atoms with Crippen LogP contribution in [0.3, 0.4) is 0 Å². The van der Waals surface area contributed by atoms with Crippen molar-refractivity contribution in [2.24, 2.45) is 0 Å². The number of nitrogens with one attached hydrogen (secondary N) is 1. The van der Waals surface area contributed by atoms with E-state index in [0.29, 0.717) is 17.3 Å². The number of methoxy groups -OCH3 is 1. The summed E-state index contributed by atoms with van der Waals surface area (Å²) in [5.41, 5.74) is 5.18. The van der Waals surface area contributed by atoms with E-state index in [2.05, 4.69) is 10.3 Å². The lowest BCUT2D eigenvalue weighted by atomic mass is 10.0. The number of hydrogen-bond donors (Lipinski definition) is 1. The van der Waals surface area contributed by atoms with Gasteiger partial charge in [-0.3, -0.25) is 4.98 Å². The number of pyridine rings is 1. The van der Waals surface area contributed by atoms with Gasteiger partial charge >= 0.3 is 0 Å². The minimum absolute atomic E-state index is 0.0286. The molecule has 0 bridgehead atoms. The lowest BCUT2D eigenvalue weighted by Crippen LogP contribution is -2.00. The Morgan fingerprint density at radius 1 is 0.941 bits per heavy atom. The quantitative estimate of drug-likeness (QED) is 0.294. The average molecular weight is 471 g/mol. The average Bonchev–Trinajstić information content (AvgIpc) is 2.86. The van der Waals surface area contributed by atoms with Crippen LogP contribution in [0, 0.1) is 12.7 Å². The van der Waals surface area contributed by atoms with Crippen molar-refractivity contribution >= 4 is 34.0 Å². The molecule has 0 saturated heterocycles. The molecule has 0 aliphatic carbocycles. The van der Waals surface area contributed by atoms with E-state index in [9.17, 15) is 4.39 Å². The minimum atomic E-state index is -0.482. The van der Waals surface area contributed by atoms with Crippen LogP contribution in [0.15, 0.2) is 79.1 Å². The molecule has 0 radical (unpaired) electrons. The van der Waals surface area contributed by atoms with Crippen LogP contribution in [-0.4, -0.2) is 22.1 Å². The first-order valence-electron chi connectivity index (χ1n) is 10.6. The number of rotatable bonds is 5. The van der Waals surface area contributed by atoms with Gasteiger partial charge in [-0.15, -0.1) is 0 Å². The lowest BCUT2D eigenvalue weighted by Gasteiger charge is -2.14. The Bertz CT molecular complexity index is 1510. The molecule has 0 fully saturated rings. The van der Waals surface area contributed by atoms with E-state index in [4.69, 9.17) is 26.3 Å². The van der Waals surface area contributed by atoms with Gasteiger partial charge in [0.25, 0.3) is 0 Å². The van der Waals surface area contributed by atoms with Gasteiger partial charge in [0.1, 0.15) is 17.4 Å². The van der Waals surface area contributed by atoms with Crippen LogP contribution in [0.25, 0.3) is 33.4 Å². The van der Waals surface area contributed by atoms with Crippen molar-refractivity contribution in [3.63, 3.8) is 0 Å². The van der Waals surface area contributed by atoms with Crippen LogP contribution in [0.4, 0.5) is 15.9 Å². The van der Waals surface area contributed by atoms with Crippen LogP contribution >= 0.6 is 11.6 Å². The Morgan fingerprint density at radius 3 is 2.59 bits per heavy atom. The molecule has 0 saturated carbocycles. The number of hydrogen-bond acceptors (Lipinski definition) is 5. The van der Waals surface area contributed by atoms with E-state index in [1.807, 2.05) is 55.5 Å². The molecule has 2 heterocycles. The first-order valence-corrected chi connectivity index (χ1v) is 11.0. The number of anilines is 2. The van der Waals surface area contributed by atoms with Gasteiger partial charge in [-0.2, -0.15) is 0 Å². The van der Waals surface area contributed by atoms with Crippen LogP contribution < -0.4 is 10.1 Å². The van der Waals surface area contributed by atoms with Crippen molar-refractivity contribution < 1.29 is 9.13 Å². The molecule has 0 atom stereocenters. The normalized spacial score (nSPS) is 10.9. The van der Waals surface area contributed by atoms with E-state index in [1.54, 1.807) is 25.6 Å². The summed E-state index contributed by atoms with van der Waals surface area (Å²) in [6.07, 6.45) is 3.41. The smallest absolute Gasteiger partial charge is 0.163 e. The highest BCUT2D eigenvalue weighted by molar-refractivity contribution is 6.31. The van der Waals surface area contributed by atoms with E-state index >= 15 is 0 Å². The van der Waals surface area contributed by atoms with Gasteiger partial charge in [-0.05, 0) is 66.6 Å². The Balaban J connectivity index is 1.69. The second kappa shape index (κ2) is 9.08. The monoisotopic (exact) mass is 470 g/mol. The van der Waals surface area contributed by atoms with Crippen LogP contribution in [-0.2, 0) is 0 Å². The third kappa shape index (κ3) is 4.28. The van der Waals surface area contributed by atoms with Crippen LogP contribution in [0.1, 0.15) is 5.56 Å². The third-order valence-electron chi connectivity index (χ3n) is 5.47. The van der Waals surface area contributed by atoms with Gasteiger partial charge in [0, 0.05) is 34.6 Å². The highest BCUT2D eigenvalue weighted by Gasteiger charge is 2.14. The van der Waals surface area contributed by atoms with Gasteiger partial charge in [-0.1, -0.05) is 29.8 Å². The van der Waals surface area contributed by atoms with Gasteiger partial charge in [0.15, 0.2) is 5.82 Å². The second-order valence-electron chi connectivity index (χ2n) is 7.83. The molecule has 1 N–H and O–H groups in total. The highest BCUT2D eigenvalue weighted by Crippen LogP contribution is 2.35. The zero-order valence-corrected chi connectivity index (χ0v) is 19.3. The van der Waals surface area contributed by atoms with Crippen LogP contribution in [0.2, 0.25) is 5.02 Å². The van der Waals surface area contributed by atoms with Crippen molar-refractivity contribution in [3.8, 4) is 28.3 Å². The lowest BCUT2D eigenvalue weighted by molar-refractivity contribution is 0.416. The maximum absolute atomic E-state index is 13.7. The molecule has 5 nitrogen and oxygen atoms in total. The van der Waals surface area contributed by atoms with Gasteiger partial charge in [0.2, 0.25) is 0 Å². The summed E-state index contributed by atoms with van der Waals surface area (Å²) < 4.78 is 19.3. The molecule has 0 aliphatic rings. The summed E-state index contributed by atoms with van der Waals surface area (Å²) in [7, 11) is 1.66. The van der Waals surface area contributed by atoms with E-state index < -0.39 is 5.82 Å². The maximum atomic E-state index is 13.7. The molecule has 0 aliphatic heterocycles. The Hall–Kier alpha value is -4.03. The number of aromatic nitrogens is 3. The van der Waals surface area contributed by atoms with E-state index in [-0.39, 0.29) is 5.02 Å². The molecule has 0 amide bonds. The van der Waals surface area contributed by atoms with Crippen LogP contribution in [0.5, 0.6) is 5.75 Å². The molecular formula is C27H20ClFN4O. The standard InChI is InChI=1S/C27H20ClFN4O/c1-16-5-8-20(25(12-16)34-2)17-6-10-24-21(13-17)27(31-19-7-9-23(29)22(28)14-19)33-26(32-24)18-4-3-11-30-15-18/h3-15H,1-2H3,(H,31,32,33). The molecule has 168 valence electrons. The molecule has 5 aromatic rings. The van der Waals surface area contributed by atoms with Gasteiger partial charge < -0.3 is 10.1 Å². The molecule has 0 unspecified atom stereocenters. The summed E-state index contributed by atoms with van der Waals surface area (Å²) in [6, 6.07) is 20.3. The number of benzene rings is 3. The Kier molecular flexibility index (Phi) is 5.82. The number of nitrogens with zero attached hydrogens (tertiary/aromatic N) is 3. The second-order valence-corrected chi connectivity index (χ2v) is 8.23. The van der Waals surface area contributed by atoms with Crippen molar-refractivity contribution in [1.82, 2.24) is 15.0 Å². The number of fused-ring (bicyclic) bond motifs is 1. The molecule has 2 aromatic heterocycles. The largest absolute Gasteiger partial charge is 0.496 e. The zero-order chi connectivity index (χ0) is 23.7. The van der Waals surface area contributed by atoms with Gasteiger partial charge in [0.05, 0.1) is 17.6 Å². The van der Waals surface area contributed by atoms with Gasteiger partial charge in [-0.25, -0.2) is 14.4 Å². The third-order valence-corrected chi connectivity index (χ3v) is 5.76. The Morgan fingerprint density at radius 2 is 1.82 bits per heavy atom. The highest BCUT2D eigenvalue weighted by atomic mass is 35.5. The number of halogens is 2. The number of ether oxygens (including phenoxy) is 1. The fourth-order valence-electron chi connectivity index (χ4n) is 3.76. The summed E-state index contributed by atoms with van der Waals surface area (Å²) >= 11 is 6.01. The van der Waals surface area contributed by atoms with Crippen molar-refractivity contribution in [2.45, 2.75) is 6.92 Å². The Labute approximate surface area is 201 Å². The fourth-order valence-corrected chi connectivity index (χ4v) is 3.94. The zero-order valence-electron chi connectivity index (χ0n) is 18.5. The molecule has 34 heavy (non-hydrogen) atoms. The fraction of sp³-hybridized carbons (Fsp3) is 0.0741.